The zero-order valence-electron chi connectivity index (χ0n) is 18.9. The van der Waals surface area contributed by atoms with Crippen LogP contribution in [-0.4, -0.2) is 37.0 Å². The number of phenolic OH excluding ortho intramolecular Hbond substituents is 1. The number of nitrogens with one attached hydrogen (secondary N) is 1. The Morgan fingerprint density at radius 2 is 1.55 bits per heavy atom. The molecule has 0 aliphatic carbocycles. The van der Waals surface area contributed by atoms with Gasteiger partial charge in [0, 0.05) is 22.3 Å². The minimum Gasteiger partial charge on any atom is -0.507 e. The number of amides is 1. The Bertz CT molecular complexity index is 1840. The molecular weight excluding hydrogens is 560 g/mol. The lowest BCUT2D eigenvalue weighted by Gasteiger charge is -2.10. The van der Waals surface area contributed by atoms with Crippen molar-refractivity contribution in [1.29, 1.82) is 0 Å². The minimum absolute atomic E-state index is 0.00332. The Balaban J connectivity index is 1.75. The summed E-state index contributed by atoms with van der Waals surface area (Å²) in [6, 6.07) is 14.0. The van der Waals surface area contributed by atoms with E-state index < -0.39 is 41.7 Å². The Hall–Kier alpha value is -4.08. The van der Waals surface area contributed by atoms with Gasteiger partial charge in [0.2, 0.25) is 0 Å². The fraction of sp³-hybridized carbons (Fsp3) is 0. The highest BCUT2D eigenvalue weighted by molar-refractivity contribution is 7.86. The first-order chi connectivity index (χ1) is 17.7. The summed E-state index contributed by atoms with van der Waals surface area (Å²) in [5, 5.41) is 21.2. The maximum atomic E-state index is 12.5. The van der Waals surface area contributed by atoms with E-state index in [9.17, 15) is 35.8 Å². The zero-order chi connectivity index (χ0) is 27.8. The van der Waals surface area contributed by atoms with Crippen LogP contribution in [0.25, 0.3) is 10.8 Å². The summed E-state index contributed by atoms with van der Waals surface area (Å²) in [6.07, 6.45) is 0. The Labute approximate surface area is 220 Å². The first-order valence-corrected chi connectivity index (χ1v) is 13.6. The van der Waals surface area contributed by atoms with Crippen LogP contribution in [0.5, 0.6) is 5.75 Å². The second kappa shape index (κ2) is 10.00. The molecule has 0 saturated heterocycles. The molecule has 0 bridgehead atoms. The first kappa shape index (κ1) is 27.0. The van der Waals surface area contributed by atoms with Crippen LogP contribution in [0.1, 0.15) is 10.4 Å². The van der Waals surface area contributed by atoms with E-state index in [0.717, 1.165) is 18.2 Å². The normalized spacial score (nSPS) is 12.2. The van der Waals surface area contributed by atoms with Gasteiger partial charge in [-0.15, -0.1) is 10.2 Å². The van der Waals surface area contributed by atoms with Gasteiger partial charge in [0.05, 0.1) is 16.0 Å². The van der Waals surface area contributed by atoms with Crippen molar-refractivity contribution in [1.82, 2.24) is 0 Å². The average Bonchev–Trinajstić information content (AvgIpc) is 2.83. The van der Waals surface area contributed by atoms with Crippen molar-refractivity contribution in [3.8, 4) is 5.75 Å². The molecular formula is C23H17ClN4O8S2. The van der Waals surface area contributed by atoms with Crippen LogP contribution < -0.4 is 11.1 Å². The maximum Gasteiger partial charge on any atom is 0.296 e. The summed E-state index contributed by atoms with van der Waals surface area (Å²) in [5.41, 5.74) is 5.75. The third-order valence-corrected chi connectivity index (χ3v) is 7.20. The van der Waals surface area contributed by atoms with E-state index in [1.165, 1.54) is 48.5 Å². The highest BCUT2D eigenvalue weighted by Gasteiger charge is 2.20. The van der Waals surface area contributed by atoms with Gasteiger partial charge in [-0.1, -0.05) is 17.7 Å². The van der Waals surface area contributed by atoms with Crippen molar-refractivity contribution >= 4 is 71.3 Å². The molecule has 15 heteroatoms. The second-order valence-corrected chi connectivity index (χ2v) is 11.1. The number of hydrogen-bond acceptors (Lipinski definition) is 9. The van der Waals surface area contributed by atoms with E-state index in [1.54, 1.807) is 0 Å². The molecule has 0 heterocycles. The third kappa shape index (κ3) is 5.74. The Morgan fingerprint density at radius 1 is 0.868 bits per heavy atom. The van der Waals surface area contributed by atoms with E-state index in [2.05, 4.69) is 15.5 Å². The minimum atomic E-state index is -4.85. The zero-order valence-corrected chi connectivity index (χ0v) is 21.3. The van der Waals surface area contributed by atoms with Crippen LogP contribution in [0, 0.1) is 0 Å². The summed E-state index contributed by atoms with van der Waals surface area (Å²) in [5.74, 6) is -1.16. The van der Waals surface area contributed by atoms with Gasteiger partial charge in [0.15, 0.2) is 0 Å². The van der Waals surface area contributed by atoms with Crippen molar-refractivity contribution in [3.05, 3.63) is 77.3 Å². The van der Waals surface area contributed by atoms with Gasteiger partial charge in [-0.05, 0) is 60.0 Å². The number of carbonyl (C=O) groups excluding carboxylic acids is 1. The molecule has 0 unspecified atom stereocenters. The van der Waals surface area contributed by atoms with Crippen molar-refractivity contribution in [2.45, 2.75) is 9.79 Å². The van der Waals surface area contributed by atoms with Crippen LogP contribution in [0.4, 0.5) is 22.7 Å². The molecule has 38 heavy (non-hydrogen) atoms. The number of benzene rings is 4. The second-order valence-electron chi connectivity index (χ2n) is 7.84. The predicted octanol–water partition coefficient (Wildman–Crippen LogP) is 4.94. The van der Waals surface area contributed by atoms with Crippen LogP contribution >= 0.6 is 11.6 Å². The molecule has 1 amide bonds. The lowest BCUT2D eigenvalue weighted by molar-refractivity contribution is 0.102. The number of azo groups is 1. The summed E-state index contributed by atoms with van der Waals surface area (Å²) < 4.78 is 66.1. The fourth-order valence-corrected chi connectivity index (χ4v) is 4.77. The molecule has 4 aromatic rings. The van der Waals surface area contributed by atoms with Gasteiger partial charge in [-0.25, -0.2) is 0 Å². The number of nitrogens with two attached hydrogens (primary N) is 1. The molecule has 0 saturated carbocycles. The van der Waals surface area contributed by atoms with Crippen molar-refractivity contribution in [2.24, 2.45) is 10.2 Å². The number of rotatable bonds is 6. The number of phenols is 1. The monoisotopic (exact) mass is 576 g/mol. The molecule has 0 radical (unpaired) electrons. The first-order valence-electron chi connectivity index (χ1n) is 10.4. The molecule has 0 spiro atoms. The van der Waals surface area contributed by atoms with Crippen LogP contribution in [-0.2, 0) is 20.2 Å². The molecule has 0 fully saturated rings. The lowest BCUT2D eigenvalue weighted by Crippen LogP contribution is -2.12. The molecule has 0 aliphatic heterocycles. The van der Waals surface area contributed by atoms with E-state index in [1.807, 2.05) is 0 Å². The molecule has 4 aromatic carbocycles. The summed E-state index contributed by atoms with van der Waals surface area (Å²) in [4.78, 5) is 11.2. The summed E-state index contributed by atoms with van der Waals surface area (Å²) in [6.45, 7) is 0. The van der Waals surface area contributed by atoms with Gasteiger partial charge in [0.25, 0.3) is 26.1 Å². The molecule has 12 nitrogen and oxygen atoms in total. The van der Waals surface area contributed by atoms with Gasteiger partial charge in [-0.3, -0.25) is 13.9 Å². The van der Waals surface area contributed by atoms with E-state index in [0.29, 0.717) is 5.02 Å². The van der Waals surface area contributed by atoms with Gasteiger partial charge in [-0.2, -0.15) is 16.8 Å². The number of anilines is 2. The molecule has 6 N–H and O–H groups in total. The predicted molar refractivity (Wildman–Crippen MR) is 140 cm³/mol. The molecule has 0 aromatic heterocycles. The van der Waals surface area contributed by atoms with Gasteiger partial charge < -0.3 is 16.2 Å². The van der Waals surface area contributed by atoms with Crippen LogP contribution in [0.15, 0.2) is 86.7 Å². The molecule has 196 valence electrons. The van der Waals surface area contributed by atoms with Crippen molar-refractivity contribution < 1.29 is 35.8 Å². The smallest absolute Gasteiger partial charge is 0.296 e. The van der Waals surface area contributed by atoms with E-state index in [4.69, 9.17) is 17.3 Å². The largest absolute Gasteiger partial charge is 0.507 e. The molecule has 0 atom stereocenters. The molecule has 4 rings (SSSR count). The highest BCUT2D eigenvalue weighted by atomic mass is 35.5. The number of carbonyl (C=O) groups is 1. The lowest BCUT2D eigenvalue weighted by atomic mass is 10.1. The van der Waals surface area contributed by atoms with Gasteiger partial charge in [0.1, 0.15) is 22.0 Å². The van der Waals surface area contributed by atoms with E-state index in [-0.39, 0.29) is 39.1 Å². The maximum absolute atomic E-state index is 12.5. The number of aromatic hydroxyl groups is 1. The van der Waals surface area contributed by atoms with Crippen LogP contribution in [0.2, 0.25) is 5.02 Å². The number of halogens is 1. The van der Waals surface area contributed by atoms with E-state index >= 15 is 0 Å². The quantitative estimate of drug-likeness (QED) is 0.119. The number of fused-ring (bicyclic) bond motifs is 1. The standard InChI is InChI=1S/C23H17ClN4O8S2/c24-14-4-1-12(2-5-14)23(30)26-15-6-8-18(20(10-15)38(34,35)36)27-28-22-17(25)7-3-13-9-16(37(31,32)33)11-19(29)21(13)22/h1-11,29H,25H2,(H,26,30)(H,31,32,33)(H,34,35,36). The van der Waals surface area contributed by atoms with Crippen molar-refractivity contribution in [2.75, 3.05) is 11.1 Å². The average molecular weight is 577 g/mol. The molecule has 0 aliphatic rings. The fourth-order valence-electron chi connectivity index (χ4n) is 3.46. The number of nitrogens with zero attached hydrogens (tertiary/aromatic N) is 2. The van der Waals surface area contributed by atoms with Crippen molar-refractivity contribution in [3.63, 3.8) is 0 Å². The SMILES string of the molecule is Nc1ccc2cc(S(=O)(=O)O)cc(O)c2c1N=Nc1ccc(NC(=O)c2ccc(Cl)cc2)cc1S(=O)(=O)O. The summed E-state index contributed by atoms with van der Waals surface area (Å²) >= 11 is 5.81. The van der Waals surface area contributed by atoms with Crippen LogP contribution in [0.3, 0.4) is 0 Å². The van der Waals surface area contributed by atoms with Gasteiger partial charge >= 0.3 is 0 Å². The number of nitrogen functional groups attached to an aromatic ring is 1. The Kier molecular flexibility index (Phi) is 7.10. The third-order valence-electron chi connectivity index (χ3n) is 5.23. The Morgan fingerprint density at radius 3 is 2.18 bits per heavy atom. The highest BCUT2D eigenvalue weighted by Crippen LogP contribution is 2.41. The topological polar surface area (TPSA) is 209 Å². The number of hydrogen-bond donors (Lipinski definition) is 5. The summed E-state index contributed by atoms with van der Waals surface area (Å²) in [7, 11) is -9.47.